The number of hydrazine groups is 1. The summed E-state index contributed by atoms with van der Waals surface area (Å²) in [6.45, 7) is 0. The molecule has 30 heavy (non-hydrogen) atoms. The van der Waals surface area contributed by atoms with E-state index in [4.69, 9.17) is 0 Å². The lowest BCUT2D eigenvalue weighted by atomic mass is 10.2. The summed E-state index contributed by atoms with van der Waals surface area (Å²) in [5, 5.41) is 1.46. The molecule has 2 amide bonds. The van der Waals surface area contributed by atoms with Crippen molar-refractivity contribution in [1.82, 2.24) is 25.8 Å². The Labute approximate surface area is 171 Å². The molecule has 0 fully saturated rings. The van der Waals surface area contributed by atoms with Crippen LogP contribution in [0.3, 0.4) is 0 Å². The van der Waals surface area contributed by atoms with Crippen LogP contribution in [0.1, 0.15) is 29.2 Å². The standard InChI is InChI=1S/C22H19N5O3/c28-20(11-5-10-19-24-17-9-4-2-7-15(17)21(29)25-19)26-27-22(30)18-13-12-14-6-1-3-8-16(14)23-18/h1-4,6-9,12-13H,5,10-11H2,(H,26,28)(H,27,30)(H,24,25,29). The smallest absolute Gasteiger partial charge is 0.288 e. The molecule has 0 aliphatic rings. The molecule has 150 valence electrons. The molecule has 0 saturated heterocycles. The Kier molecular flexibility index (Phi) is 5.47. The summed E-state index contributed by atoms with van der Waals surface area (Å²) in [5.41, 5.74) is 6.10. The average molecular weight is 401 g/mol. The highest BCUT2D eigenvalue weighted by atomic mass is 16.2. The maximum Gasteiger partial charge on any atom is 0.288 e. The zero-order valence-electron chi connectivity index (χ0n) is 16.0. The highest BCUT2D eigenvalue weighted by molar-refractivity contribution is 5.95. The van der Waals surface area contributed by atoms with Crippen molar-refractivity contribution in [2.45, 2.75) is 19.3 Å². The van der Waals surface area contributed by atoms with Gasteiger partial charge < -0.3 is 4.98 Å². The van der Waals surface area contributed by atoms with Crippen LogP contribution in [0.15, 0.2) is 65.5 Å². The van der Waals surface area contributed by atoms with E-state index in [-0.39, 0.29) is 23.6 Å². The SMILES string of the molecule is O=C(CCCc1nc2ccccc2c(=O)[nH]1)NNC(=O)c1ccc2ccccc2n1. The third kappa shape index (κ3) is 4.33. The van der Waals surface area contributed by atoms with Gasteiger partial charge in [0.2, 0.25) is 5.91 Å². The molecule has 2 aromatic carbocycles. The van der Waals surface area contributed by atoms with E-state index in [9.17, 15) is 14.4 Å². The van der Waals surface area contributed by atoms with E-state index in [2.05, 4.69) is 25.8 Å². The average Bonchev–Trinajstić information content (AvgIpc) is 2.77. The van der Waals surface area contributed by atoms with Gasteiger partial charge in [-0.2, -0.15) is 0 Å². The molecule has 0 bridgehead atoms. The van der Waals surface area contributed by atoms with Crippen LogP contribution in [0.2, 0.25) is 0 Å². The van der Waals surface area contributed by atoms with E-state index in [1.807, 2.05) is 30.3 Å². The zero-order valence-corrected chi connectivity index (χ0v) is 16.0. The van der Waals surface area contributed by atoms with Gasteiger partial charge in [0.15, 0.2) is 0 Å². The van der Waals surface area contributed by atoms with Gasteiger partial charge in [0.05, 0.1) is 16.4 Å². The number of nitrogens with one attached hydrogen (secondary N) is 3. The summed E-state index contributed by atoms with van der Waals surface area (Å²) in [6, 6.07) is 18.0. The second-order valence-corrected chi connectivity index (χ2v) is 6.77. The summed E-state index contributed by atoms with van der Waals surface area (Å²) in [4.78, 5) is 47.7. The second-order valence-electron chi connectivity index (χ2n) is 6.77. The molecule has 0 saturated carbocycles. The van der Waals surface area contributed by atoms with E-state index in [0.29, 0.717) is 35.1 Å². The predicted octanol–water partition coefficient (Wildman–Crippen LogP) is 2.26. The number of hydrogen-bond acceptors (Lipinski definition) is 5. The molecule has 2 heterocycles. The maximum atomic E-state index is 12.2. The van der Waals surface area contributed by atoms with Crippen molar-refractivity contribution in [3.8, 4) is 0 Å². The number of hydrogen-bond donors (Lipinski definition) is 3. The number of pyridine rings is 1. The van der Waals surface area contributed by atoms with Crippen LogP contribution in [0.25, 0.3) is 21.8 Å². The fraction of sp³-hybridized carbons (Fsp3) is 0.136. The van der Waals surface area contributed by atoms with Crippen molar-refractivity contribution in [2.75, 3.05) is 0 Å². The van der Waals surface area contributed by atoms with Crippen LogP contribution < -0.4 is 16.4 Å². The molecule has 0 spiro atoms. The molecule has 8 heteroatoms. The number of para-hydroxylation sites is 2. The molecule has 0 unspecified atom stereocenters. The Balaban J connectivity index is 1.28. The van der Waals surface area contributed by atoms with Crippen LogP contribution in [-0.4, -0.2) is 26.8 Å². The molecule has 4 aromatic rings. The predicted molar refractivity (Wildman–Crippen MR) is 113 cm³/mol. The first-order valence-electron chi connectivity index (χ1n) is 9.53. The third-order valence-electron chi connectivity index (χ3n) is 4.63. The lowest BCUT2D eigenvalue weighted by Crippen LogP contribution is -2.41. The largest absolute Gasteiger partial charge is 0.310 e. The van der Waals surface area contributed by atoms with Crippen molar-refractivity contribution in [3.05, 3.63) is 82.5 Å². The van der Waals surface area contributed by atoms with Crippen molar-refractivity contribution >= 4 is 33.6 Å². The summed E-state index contributed by atoms with van der Waals surface area (Å²) in [5.74, 6) is -0.308. The first-order valence-corrected chi connectivity index (χ1v) is 9.53. The van der Waals surface area contributed by atoms with Gasteiger partial charge in [-0.3, -0.25) is 25.2 Å². The van der Waals surface area contributed by atoms with Gasteiger partial charge in [-0.05, 0) is 30.7 Å². The number of fused-ring (bicyclic) bond motifs is 2. The van der Waals surface area contributed by atoms with Gasteiger partial charge in [0.1, 0.15) is 11.5 Å². The van der Waals surface area contributed by atoms with Gasteiger partial charge in [-0.25, -0.2) is 9.97 Å². The van der Waals surface area contributed by atoms with Gasteiger partial charge in [0, 0.05) is 18.2 Å². The van der Waals surface area contributed by atoms with Gasteiger partial charge >= 0.3 is 0 Å². The van der Waals surface area contributed by atoms with E-state index in [0.717, 1.165) is 5.39 Å². The molecule has 3 N–H and O–H groups in total. The fourth-order valence-electron chi connectivity index (χ4n) is 3.12. The van der Waals surface area contributed by atoms with E-state index < -0.39 is 5.91 Å². The lowest BCUT2D eigenvalue weighted by molar-refractivity contribution is -0.121. The van der Waals surface area contributed by atoms with Crippen LogP contribution in [-0.2, 0) is 11.2 Å². The monoisotopic (exact) mass is 401 g/mol. The molecule has 0 radical (unpaired) electrons. The number of benzene rings is 2. The Bertz CT molecular complexity index is 1300. The molecule has 2 aromatic heterocycles. The van der Waals surface area contributed by atoms with Crippen LogP contribution in [0.5, 0.6) is 0 Å². The Morgan fingerprint density at radius 3 is 2.50 bits per heavy atom. The van der Waals surface area contributed by atoms with Crippen LogP contribution >= 0.6 is 0 Å². The number of carbonyl (C=O) groups is 2. The normalized spacial score (nSPS) is 10.8. The lowest BCUT2D eigenvalue weighted by Gasteiger charge is -2.08. The molecule has 0 aliphatic heterocycles. The fourth-order valence-corrected chi connectivity index (χ4v) is 3.12. The highest BCUT2D eigenvalue weighted by Crippen LogP contribution is 2.11. The second kappa shape index (κ2) is 8.52. The molecule has 4 rings (SSSR count). The van der Waals surface area contributed by atoms with E-state index >= 15 is 0 Å². The Morgan fingerprint density at radius 2 is 1.63 bits per heavy atom. The van der Waals surface area contributed by atoms with E-state index in [1.165, 1.54) is 0 Å². The number of amides is 2. The molecule has 0 aliphatic carbocycles. The van der Waals surface area contributed by atoms with Gasteiger partial charge in [0.25, 0.3) is 11.5 Å². The van der Waals surface area contributed by atoms with Crippen LogP contribution in [0.4, 0.5) is 0 Å². The molecule has 0 atom stereocenters. The molecular weight excluding hydrogens is 382 g/mol. The first kappa shape index (κ1) is 19.3. The number of aromatic nitrogens is 3. The molecular formula is C22H19N5O3. The topological polar surface area (TPSA) is 117 Å². The van der Waals surface area contributed by atoms with Crippen molar-refractivity contribution < 1.29 is 9.59 Å². The highest BCUT2D eigenvalue weighted by Gasteiger charge is 2.10. The van der Waals surface area contributed by atoms with Crippen LogP contribution in [0, 0.1) is 0 Å². The summed E-state index contributed by atoms with van der Waals surface area (Å²) >= 11 is 0. The summed E-state index contributed by atoms with van der Waals surface area (Å²) < 4.78 is 0. The zero-order chi connectivity index (χ0) is 20.9. The summed E-state index contributed by atoms with van der Waals surface area (Å²) in [6.07, 6.45) is 1.08. The first-order chi connectivity index (χ1) is 14.6. The number of aromatic amines is 1. The number of H-pyrrole nitrogens is 1. The number of nitrogens with zero attached hydrogens (tertiary/aromatic N) is 2. The minimum atomic E-state index is -0.491. The number of carbonyl (C=O) groups excluding carboxylic acids is 2. The van der Waals surface area contributed by atoms with Crippen molar-refractivity contribution in [2.24, 2.45) is 0 Å². The molecule has 8 nitrogen and oxygen atoms in total. The number of rotatable bonds is 5. The van der Waals surface area contributed by atoms with E-state index in [1.54, 1.807) is 30.3 Å². The summed E-state index contributed by atoms with van der Waals surface area (Å²) in [7, 11) is 0. The maximum absolute atomic E-state index is 12.2. The Morgan fingerprint density at radius 1 is 0.867 bits per heavy atom. The van der Waals surface area contributed by atoms with Gasteiger partial charge in [-0.1, -0.05) is 36.4 Å². The van der Waals surface area contributed by atoms with Crippen molar-refractivity contribution in [3.63, 3.8) is 0 Å². The minimum Gasteiger partial charge on any atom is -0.310 e. The van der Waals surface area contributed by atoms with Crippen molar-refractivity contribution in [1.29, 1.82) is 0 Å². The Hall–Kier alpha value is -4.07. The minimum absolute atomic E-state index is 0.169. The number of aryl methyl sites for hydroxylation is 1. The van der Waals surface area contributed by atoms with Gasteiger partial charge in [-0.15, -0.1) is 0 Å². The quantitative estimate of drug-likeness (QED) is 0.444. The third-order valence-corrected chi connectivity index (χ3v) is 4.63.